The minimum atomic E-state index is -5.02. The summed E-state index contributed by atoms with van der Waals surface area (Å²) in [6, 6.07) is 20.1. The molecule has 196 valence electrons. The van der Waals surface area contributed by atoms with Crippen molar-refractivity contribution >= 4 is 7.82 Å². The van der Waals surface area contributed by atoms with Gasteiger partial charge in [0.1, 0.15) is 5.75 Å². The summed E-state index contributed by atoms with van der Waals surface area (Å²) in [4.78, 5) is 20.2. The van der Waals surface area contributed by atoms with Crippen LogP contribution in [0, 0.1) is 11.7 Å². The average molecular weight is 527 g/mol. The van der Waals surface area contributed by atoms with Gasteiger partial charge in [0, 0.05) is 29.9 Å². The average Bonchev–Trinajstić information content (AvgIpc) is 3.62. The molecule has 2 N–H and O–H groups in total. The molecule has 1 saturated carbocycles. The molecule has 6 nitrogen and oxygen atoms in total. The van der Waals surface area contributed by atoms with Gasteiger partial charge in [-0.05, 0) is 41.9 Å². The van der Waals surface area contributed by atoms with Crippen molar-refractivity contribution in [3.05, 3.63) is 94.8 Å². The van der Waals surface area contributed by atoms with Crippen molar-refractivity contribution in [2.24, 2.45) is 5.92 Å². The number of halogens is 1. The molecule has 0 spiro atoms. The Bertz CT molecular complexity index is 1250. The number of phosphoric acid groups is 1. The van der Waals surface area contributed by atoms with Crippen LogP contribution >= 0.6 is 7.82 Å². The summed E-state index contributed by atoms with van der Waals surface area (Å²) < 4.78 is 45.6. The molecule has 1 heterocycles. The molecule has 2 unspecified atom stereocenters. The van der Waals surface area contributed by atoms with Crippen molar-refractivity contribution in [3.8, 4) is 11.5 Å². The Morgan fingerprint density at radius 1 is 1.05 bits per heavy atom. The second-order valence-electron chi connectivity index (χ2n) is 10.3. The molecule has 1 fully saturated rings. The third-order valence-corrected chi connectivity index (χ3v) is 7.82. The Morgan fingerprint density at radius 2 is 1.62 bits per heavy atom. The van der Waals surface area contributed by atoms with E-state index in [4.69, 9.17) is 14.0 Å². The summed E-state index contributed by atoms with van der Waals surface area (Å²) in [6.07, 6.45) is 2.21. The number of fused-ring (bicyclic) bond motifs is 1. The summed E-state index contributed by atoms with van der Waals surface area (Å²) in [5.74, 6) is -1.43. The maximum absolute atomic E-state index is 15.2. The van der Waals surface area contributed by atoms with Crippen LogP contribution in [0.4, 0.5) is 4.39 Å². The largest absolute Gasteiger partial charge is 0.489 e. The lowest BCUT2D eigenvalue weighted by atomic mass is 9.89. The molecule has 3 aromatic carbocycles. The van der Waals surface area contributed by atoms with Gasteiger partial charge in [-0.15, -0.1) is 0 Å². The molecular formula is C29H32FO6P. The number of hydrogen-bond donors (Lipinski definition) is 2. The molecule has 37 heavy (non-hydrogen) atoms. The molecule has 0 saturated heterocycles. The number of phosphoric ester groups is 1. The second-order valence-corrected chi connectivity index (χ2v) is 11.4. The first-order valence-electron chi connectivity index (χ1n) is 12.7. The highest BCUT2D eigenvalue weighted by Crippen LogP contribution is 2.53. The second kappa shape index (κ2) is 10.2. The zero-order chi connectivity index (χ0) is 26.2. The molecule has 1 aliphatic heterocycles. The van der Waals surface area contributed by atoms with Gasteiger partial charge in [0.25, 0.3) is 0 Å². The molecule has 8 heteroatoms. The van der Waals surface area contributed by atoms with Gasteiger partial charge in [-0.2, -0.15) is 0 Å². The van der Waals surface area contributed by atoms with Gasteiger partial charge in [-0.3, -0.25) is 0 Å². The summed E-state index contributed by atoms with van der Waals surface area (Å²) in [7, 11) is -5.02. The zero-order valence-corrected chi connectivity index (χ0v) is 21.9. The van der Waals surface area contributed by atoms with E-state index in [1.54, 1.807) is 0 Å². The predicted molar refractivity (Wildman–Crippen MR) is 138 cm³/mol. The minimum Gasteiger partial charge on any atom is -0.489 e. The molecule has 1 aliphatic carbocycles. The van der Waals surface area contributed by atoms with Crippen molar-refractivity contribution < 1.29 is 32.7 Å². The smallest absolute Gasteiger partial charge is 0.472 e. The Kier molecular flexibility index (Phi) is 7.16. The first-order valence-corrected chi connectivity index (χ1v) is 14.2. The summed E-state index contributed by atoms with van der Waals surface area (Å²) >= 11 is 0. The topological polar surface area (TPSA) is 85.2 Å². The molecular weight excluding hydrogens is 494 g/mol. The van der Waals surface area contributed by atoms with Gasteiger partial charge in [0.2, 0.25) is 5.79 Å². The molecule has 2 atom stereocenters. The lowest BCUT2D eigenvalue weighted by Crippen LogP contribution is -2.43. The fourth-order valence-corrected chi connectivity index (χ4v) is 5.88. The van der Waals surface area contributed by atoms with Crippen LogP contribution in [0.5, 0.6) is 11.5 Å². The van der Waals surface area contributed by atoms with E-state index in [0.29, 0.717) is 29.4 Å². The van der Waals surface area contributed by atoms with Gasteiger partial charge in [0.05, 0.1) is 6.61 Å². The van der Waals surface area contributed by atoms with E-state index in [-0.39, 0.29) is 30.4 Å². The van der Waals surface area contributed by atoms with Crippen LogP contribution in [0.3, 0.4) is 0 Å². The lowest BCUT2D eigenvalue weighted by Gasteiger charge is -2.36. The Balaban J connectivity index is 1.68. The van der Waals surface area contributed by atoms with Crippen LogP contribution < -0.4 is 9.47 Å². The van der Waals surface area contributed by atoms with Gasteiger partial charge in [-0.1, -0.05) is 74.5 Å². The molecule has 0 radical (unpaired) electrons. The summed E-state index contributed by atoms with van der Waals surface area (Å²) in [6.45, 7) is 4.28. The van der Waals surface area contributed by atoms with Crippen LogP contribution in [-0.4, -0.2) is 22.2 Å². The first-order chi connectivity index (χ1) is 17.6. The summed E-state index contributed by atoms with van der Waals surface area (Å²) in [5, 5.41) is 0. The third-order valence-electron chi connectivity index (χ3n) is 7.25. The molecule has 0 aromatic heterocycles. The SMILES string of the molecule is CC1COc2c(F)cc(C(C)C3CC3)c(OC(Cc3ccccc3)(Cc3ccccc3)OP(=O)(O)O)c21. The fourth-order valence-electron chi connectivity index (χ4n) is 5.28. The normalized spacial score (nSPS) is 18.2. The van der Waals surface area contributed by atoms with Gasteiger partial charge < -0.3 is 19.3 Å². The third kappa shape index (κ3) is 5.91. The van der Waals surface area contributed by atoms with Crippen molar-refractivity contribution in [3.63, 3.8) is 0 Å². The van der Waals surface area contributed by atoms with Crippen molar-refractivity contribution in [1.29, 1.82) is 0 Å². The van der Waals surface area contributed by atoms with Gasteiger partial charge in [0.15, 0.2) is 11.6 Å². The predicted octanol–water partition coefficient (Wildman–Crippen LogP) is 6.50. The highest BCUT2D eigenvalue weighted by Gasteiger charge is 2.44. The van der Waals surface area contributed by atoms with Crippen LogP contribution in [0.2, 0.25) is 0 Å². The number of benzene rings is 3. The highest BCUT2D eigenvalue weighted by atomic mass is 31.2. The molecule has 3 aromatic rings. The van der Waals surface area contributed by atoms with E-state index in [1.165, 1.54) is 6.07 Å². The molecule has 5 rings (SSSR count). The first kappa shape index (κ1) is 25.9. The van der Waals surface area contributed by atoms with Crippen LogP contribution in [0.15, 0.2) is 66.7 Å². The highest BCUT2D eigenvalue weighted by molar-refractivity contribution is 7.46. The Hall–Kier alpha value is -2.70. The fraction of sp³-hybridized carbons (Fsp3) is 0.379. The number of ether oxygens (including phenoxy) is 2. The molecule has 2 aliphatic rings. The molecule has 0 amide bonds. The van der Waals surface area contributed by atoms with Crippen molar-refractivity contribution in [2.45, 2.75) is 57.2 Å². The van der Waals surface area contributed by atoms with E-state index < -0.39 is 19.4 Å². The number of rotatable bonds is 10. The number of hydrogen-bond acceptors (Lipinski definition) is 4. The van der Waals surface area contributed by atoms with E-state index in [9.17, 15) is 14.4 Å². The Labute approximate surface area is 216 Å². The Morgan fingerprint density at radius 3 is 2.14 bits per heavy atom. The molecule has 0 bridgehead atoms. The van der Waals surface area contributed by atoms with E-state index in [0.717, 1.165) is 24.0 Å². The van der Waals surface area contributed by atoms with Gasteiger partial charge >= 0.3 is 7.82 Å². The van der Waals surface area contributed by atoms with Crippen molar-refractivity contribution in [1.82, 2.24) is 0 Å². The van der Waals surface area contributed by atoms with Crippen LogP contribution in [-0.2, 0) is 21.9 Å². The lowest BCUT2D eigenvalue weighted by molar-refractivity contribution is -0.126. The minimum absolute atomic E-state index is 0.00353. The quantitative estimate of drug-likeness (QED) is 0.232. The van der Waals surface area contributed by atoms with Gasteiger partial charge in [-0.25, -0.2) is 13.5 Å². The monoisotopic (exact) mass is 526 g/mol. The standard InChI is InChI=1S/C29H32FO6P/c1-19-18-34-28-25(30)15-24(20(2)23-13-14-23)27(26(19)28)35-29(36-37(31,32)33,16-21-9-5-3-6-10-21)17-22-11-7-4-8-12-22/h3-12,15,19-20,23H,13-14,16-18H2,1-2H3,(H2,31,32,33). The summed E-state index contributed by atoms with van der Waals surface area (Å²) in [5.41, 5.74) is 2.83. The van der Waals surface area contributed by atoms with E-state index >= 15 is 4.39 Å². The van der Waals surface area contributed by atoms with Crippen LogP contribution in [0.1, 0.15) is 60.8 Å². The van der Waals surface area contributed by atoms with E-state index in [2.05, 4.69) is 0 Å². The van der Waals surface area contributed by atoms with Crippen molar-refractivity contribution in [2.75, 3.05) is 6.61 Å². The zero-order valence-electron chi connectivity index (χ0n) is 21.0. The van der Waals surface area contributed by atoms with E-state index in [1.807, 2.05) is 74.5 Å². The maximum atomic E-state index is 15.2. The van der Waals surface area contributed by atoms with Crippen LogP contribution in [0.25, 0.3) is 0 Å². The maximum Gasteiger partial charge on any atom is 0.472 e.